The van der Waals surface area contributed by atoms with Crippen LogP contribution in [0.2, 0.25) is 5.02 Å². The summed E-state index contributed by atoms with van der Waals surface area (Å²) in [6.07, 6.45) is 14.1. The molecule has 0 radical (unpaired) electrons. The number of benzene rings is 1. The average molecular weight is 724 g/mol. The molecule has 2 amide bonds. The summed E-state index contributed by atoms with van der Waals surface area (Å²) in [6, 6.07) is 7.52. The summed E-state index contributed by atoms with van der Waals surface area (Å²) in [5, 5.41) is 0.720. The molecule has 4 aliphatic rings. The maximum atomic E-state index is 14.5. The molecule has 3 aromatic rings. The largest absolute Gasteiger partial charge is 0.446 e. The highest BCUT2D eigenvalue weighted by atomic mass is 79.9. The van der Waals surface area contributed by atoms with Crippen molar-refractivity contribution in [3.63, 3.8) is 0 Å². The first-order valence-corrected chi connectivity index (χ1v) is 18.4. The third kappa shape index (κ3) is 7.25. The predicted octanol–water partition coefficient (Wildman–Crippen LogP) is 6.58. The molecular weight excluding hydrogens is 680 g/mol. The number of amides is 2. The van der Waals surface area contributed by atoms with Gasteiger partial charge in [0.1, 0.15) is 12.1 Å². The number of nitrogens with zero attached hydrogens (tertiary/aromatic N) is 6. The van der Waals surface area contributed by atoms with Crippen molar-refractivity contribution in [2.45, 2.75) is 89.4 Å². The van der Waals surface area contributed by atoms with Crippen molar-refractivity contribution in [1.29, 1.82) is 0 Å². The van der Waals surface area contributed by atoms with Crippen molar-refractivity contribution in [2.24, 2.45) is 5.92 Å². The van der Waals surface area contributed by atoms with Crippen LogP contribution in [0.15, 0.2) is 47.5 Å². The monoisotopic (exact) mass is 722 g/mol. The number of carbonyl (C=O) groups excluding carboxylic acids is 2. The number of imidazole rings is 1. The fourth-order valence-electron chi connectivity index (χ4n) is 8.06. The number of carbonyl (C=O) groups is 2. The third-order valence-corrected chi connectivity index (χ3v) is 11.2. The zero-order valence-corrected chi connectivity index (χ0v) is 29.5. The normalized spacial score (nSPS) is 22.8. The van der Waals surface area contributed by atoms with Gasteiger partial charge in [-0.05, 0) is 115 Å². The molecule has 47 heavy (non-hydrogen) atoms. The molecule has 4 heterocycles. The van der Waals surface area contributed by atoms with Gasteiger partial charge in [-0.25, -0.2) is 9.78 Å². The zero-order chi connectivity index (χ0) is 32.5. The molecule has 1 saturated carbocycles. The number of piperidine rings is 1. The van der Waals surface area contributed by atoms with Crippen LogP contribution in [0.3, 0.4) is 0 Å². The second kappa shape index (κ2) is 14.3. The SMILES string of the molecule is Cc1cn(CC2CCN(C(=O)[C@H]3CN([C@H]4c5ccc(Cl)cc5CCc5cc(Br)cnc54)CCN3C(=O)OC3CCCCC3)CC2)cn1. The number of rotatable bonds is 5. The Morgan fingerprint density at radius 3 is 2.53 bits per heavy atom. The summed E-state index contributed by atoms with van der Waals surface area (Å²) in [6.45, 7) is 5.73. The van der Waals surface area contributed by atoms with Gasteiger partial charge in [0.25, 0.3) is 0 Å². The highest BCUT2D eigenvalue weighted by molar-refractivity contribution is 9.10. The van der Waals surface area contributed by atoms with E-state index in [0.717, 1.165) is 78.8 Å². The van der Waals surface area contributed by atoms with E-state index in [9.17, 15) is 9.59 Å². The molecule has 0 N–H and O–H groups in total. The maximum Gasteiger partial charge on any atom is 0.410 e. The number of aromatic nitrogens is 3. The van der Waals surface area contributed by atoms with Crippen LogP contribution in [0.5, 0.6) is 0 Å². The van der Waals surface area contributed by atoms with Gasteiger partial charge in [-0.3, -0.25) is 19.6 Å². The van der Waals surface area contributed by atoms with Crippen molar-refractivity contribution >= 4 is 39.5 Å². The van der Waals surface area contributed by atoms with Crippen molar-refractivity contribution in [1.82, 2.24) is 29.2 Å². The van der Waals surface area contributed by atoms with Gasteiger partial charge in [0.05, 0.1) is 23.8 Å². The quantitative estimate of drug-likeness (QED) is 0.296. The highest BCUT2D eigenvalue weighted by Crippen LogP contribution is 2.39. The molecule has 7 rings (SSSR count). The van der Waals surface area contributed by atoms with E-state index in [1.807, 2.05) is 30.4 Å². The molecule has 11 heteroatoms. The molecule has 2 aliphatic heterocycles. The van der Waals surface area contributed by atoms with Crippen molar-refractivity contribution in [3.8, 4) is 0 Å². The Morgan fingerprint density at radius 2 is 1.77 bits per heavy atom. The van der Waals surface area contributed by atoms with E-state index < -0.39 is 6.04 Å². The van der Waals surface area contributed by atoms with Gasteiger partial charge in [-0.15, -0.1) is 0 Å². The number of ether oxygens (including phenoxy) is 1. The van der Waals surface area contributed by atoms with Crippen LogP contribution >= 0.6 is 27.5 Å². The molecule has 2 aromatic heterocycles. The van der Waals surface area contributed by atoms with Crippen LogP contribution in [-0.4, -0.2) is 86.1 Å². The van der Waals surface area contributed by atoms with Crippen LogP contribution in [-0.2, 0) is 28.9 Å². The van der Waals surface area contributed by atoms with Gasteiger partial charge in [0.2, 0.25) is 5.91 Å². The van der Waals surface area contributed by atoms with Gasteiger partial charge in [-0.1, -0.05) is 24.1 Å². The van der Waals surface area contributed by atoms with Gasteiger partial charge in [0.15, 0.2) is 0 Å². The molecule has 2 atom stereocenters. The fourth-order valence-corrected chi connectivity index (χ4v) is 8.63. The molecule has 1 aromatic carbocycles. The first-order chi connectivity index (χ1) is 22.8. The van der Waals surface area contributed by atoms with E-state index in [-0.39, 0.29) is 24.1 Å². The molecule has 3 fully saturated rings. The molecule has 2 saturated heterocycles. The lowest BCUT2D eigenvalue weighted by Crippen LogP contribution is -2.62. The Labute approximate surface area is 290 Å². The number of aryl methyl sites for hydroxylation is 3. The van der Waals surface area contributed by atoms with Crippen molar-refractivity contribution in [3.05, 3.63) is 80.6 Å². The Kier molecular flexibility index (Phi) is 9.89. The minimum absolute atomic E-state index is 0.0150. The summed E-state index contributed by atoms with van der Waals surface area (Å²) < 4.78 is 9.19. The molecule has 0 spiro atoms. The van der Waals surface area contributed by atoms with Crippen molar-refractivity contribution < 1.29 is 14.3 Å². The lowest BCUT2D eigenvalue weighted by atomic mass is 9.94. The van der Waals surface area contributed by atoms with E-state index in [1.165, 1.54) is 23.1 Å². The summed E-state index contributed by atoms with van der Waals surface area (Å²) >= 11 is 10.1. The minimum Gasteiger partial charge on any atom is -0.446 e. The van der Waals surface area contributed by atoms with E-state index in [4.69, 9.17) is 21.3 Å². The molecule has 2 aliphatic carbocycles. The minimum atomic E-state index is -0.634. The number of fused-ring (bicyclic) bond motifs is 2. The van der Waals surface area contributed by atoms with Gasteiger partial charge < -0.3 is 14.2 Å². The first-order valence-electron chi connectivity index (χ1n) is 17.2. The molecular formula is C36H44BrClN6O3. The van der Waals surface area contributed by atoms with Crippen LogP contribution < -0.4 is 0 Å². The maximum absolute atomic E-state index is 14.5. The fraction of sp³-hybridized carbons (Fsp3) is 0.556. The zero-order valence-electron chi connectivity index (χ0n) is 27.1. The van der Waals surface area contributed by atoms with E-state index >= 15 is 0 Å². The molecule has 9 nitrogen and oxygen atoms in total. The number of hydrogen-bond acceptors (Lipinski definition) is 6. The second-order valence-electron chi connectivity index (χ2n) is 13.8. The number of pyridine rings is 1. The van der Waals surface area contributed by atoms with E-state index in [1.54, 1.807) is 4.90 Å². The smallest absolute Gasteiger partial charge is 0.410 e. The Bertz CT molecular complexity index is 1550. The number of likely N-dealkylation sites (tertiary alicyclic amines) is 1. The average Bonchev–Trinajstić information content (AvgIpc) is 3.42. The van der Waals surface area contributed by atoms with Gasteiger partial charge >= 0.3 is 6.09 Å². The van der Waals surface area contributed by atoms with Crippen LogP contribution in [0.25, 0.3) is 0 Å². The van der Waals surface area contributed by atoms with Crippen LogP contribution in [0.4, 0.5) is 4.79 Å². The Hall–Kier alpha value is -2.95. The van der Waals surface area contributed by atoms with Gasteiger partial charge in [0, 0.05) is 61.2 Å². The van der Waals surface area contributed by atoms with Crippen LogP contribution in [0.1, 0.15) is 79.1 Å². The van der Waals surface area contributed by atoms with Crippen LogP contribution in [0, 0.1) is 12.8 Å². The third-order valence-electron chi connectivity index (χ3n) is 10.6. The van der Waals surface area contributed by atoms with Gasteiger partial charge in [-0.2, -0.15) is 0 Å². The molecule has 0 unspecified atom stereocenters. The first kappa shape index (κ1) is 32.6. The number of hydrogen-bond donors (Lipinski definition) is 0. The second-order valence-corrected chi connectivity index (χ2v) is 15.1. The van der Waals surface area contributed by atoms with E-state index in [0.29, 0.717) is 38.6 Å². The topological polar surface area (TPSA) is 83.8 Å². The van der Waals surface area contributed by atoms with E-state index in [2.05, 4.69) is 54.8 Å². The lowest BCUT2D eigenvalue weighted by molar-refractivity contribution is -0.141. The standard InChI is InChI=1S/C36H44BrClN6O3/c1-24-20-41(23-40-24)21-25-11-13-42(14-12-25)35(45)32-22-43(15-16-44(32)36(46)47-30-5-3-2-4-6-30)34-31-10-9-29(38)18-26(31)7-8-27-17-28(37)19-39-33(27)34/h9-10,17-20,23,25,30,32,34H,2-8,11-16,21-22H2,1H3/t32-,34+/m1/s1. The summed E-state index contributed by atoms with van der Waals surface area (Å²) in [7, 11) is 0. The molecule has 0 bridgehead atoms. The van der Waals surface area contributed by atoms with Crippen molar-refractivity contribution in [2.75, 3.05) is 32.7 Å². The predicted molar refractivity (Wildman–Crippen MR) is 184 cm³/mol. The number of halogens is 2. The summed E-state index contributed by atoms with van der Waals surface area (Å²) in [4.78, 5) is 43.7. The highest BCUT2D eigenvalue weighted by Gasteiger charge is 2.43. The summed E-state index contributed by atoms with van der Waals surface area (Å²) in [5.74, 6) is 0.500. The lowest BCUT2D eigenvalue weighted by Gasteiger charge is -2.45. The molecule has 250 valence electrons. The Morgan fingerprint density at radius 1 is 0.979 bits per heavy atom. The summed E-state index contributed by atoms with van der Waals surface area (Å²) in [5.41, 5.74) is 5.59. The number of piperazine rings is 1. The Balaban J connectivity index is 1.15.